The summed E-state index contributed by atoms with van der Waals surface area (Å²) in [5.41, 5.74) is 0.412. The van der Waals surface area contributed by atoms with Gasteiger partial charge in [-0.15, -0.1) is 6.42 Å². The van der Waals surface area contributed by atoms with Gasteiger partial charge in [0.15, 0.2) is 0 Å². The van der Waals surface area contributed by atoms with Crippen LogP contribution >= 0.6 is 11.5 Å². The van der Waals surface area contributed by atoms with Gasteiger partial charge in [0.05, 0.1) is 18.8 Å². The first-order valence-corrected chi connectivity index (χ1v) is 5.47. The molecule has 1 heterocycles. The van der Waals surface area contributed by atoms with Gasteiger partial charge in [-0.05, 0) is 18.5 Å². The largest absolute Gasteiger partial charge is 0.478 e. The van der Waals surface area contributed by atoms with Crippen LogP contribution in [0.15, 0.2) is 0 Å². The lowest BCUT2D eigenvalue weighted by Crippen LogP contribution is -2.28. The van der Waals surface area contributed by atoms with Crippen LogP contribution in [-0.2, 0) is 4.79 Å². The molecule has 0 fully saturated rings. The summed E-state index contributed by atoms with van der Waals surface area (Å²) in [4.78, 5) is 22.3. The third-order valence-corrected chi connectivity index (χ3v) is 2.70. The van der Waals surface area contributed by atoms with Crippen LogP contribution in [0.25, 0.3) is 0 Å². The standard InChI is InChI=1S/C10H11N3O3S/c1-3-4-11-5-7(14)12-9-8(10(15)16)6(2)13-17-9/h1,11H,4-5H2,2H3,(H,12,14)(H,15,16). The summed E-state index contributed by atoms with van der Waals surface area (Å²) in [6.07, 6.45) is 5.00. The van der Waals surface area contributed by atoms with E-state index in [0.717, 1.165) is 11.5 Å². The minimum atomic E-state index is -1.11. The predicted octanol–water partition coefficient (Wildman–Crippen LogP) is 0.311. The Bertz CT molecular complexity index is 476. The molecule has 90 valence electrons. The van der Waals surface area contributed by atoms with Gasteiger partial charge in [-0.2, -0.15) is 4.37 Å². The minimum Gasteiger partial charge on any atom is -0.478 e. The molecule has 0 bridgehead atoms. The maximum Gasteiger partial charge on any atom is 0.340 e. The van der Waals surface area contributed by atoms with E-state index in [1.807, 2.05) is 0 Å². The number of hydrogen-bond acceptors (Lipinski definition) is 5. The van der Waals surface area contributed by atoms with Crippen molar-refractivity contribution in [1.82, 2.24) is 9.69 Å². The third kappa shape index (κ3) is 3.55. The molecule has 0 atom stereocenters. The fourth-order valence-electron chi connectivity index (χ4n) is 1.13. The zero-order valence-electron chi connectivity index (χ0n) is 9.11. The van der Waals surface area contributed by atoms with Crippen molar-refractivity contribution in [2.75, 3.05) is 18.4 Å². The predicted molar refractivity (Wildman–Crippen MR) is 64.1 cm³/mol. The summed E-state index contributed by atoms with van der Waals surface area (Å²) in [6.45, 7) is 1.88. The number of nitrogens with one attached hydrogen (secondary N) is 2. The van der Waals surface area contributed by atoms with Crippen LogP contribution in [0.3, 0.4) is 0 Å². The van der Waals surface area contributed by atoms with Crippen molar-refractivity contribution in [2.24, 2.45) is 0 Å². The molecule has 0 aliphatic rings. The maximum atomic E-state index is 11.4. The van der Waals surface area contributed by atoms with Crippen molar-refractivity contribution < 1.29 is 14.7 Å². The molecule has 1 aromatic heterocycles. The maximum absolute atomic E-state index is 11.4. The second kappa shape index (κ2) is 5.98. The monoisotopic (exact) mass is 253 g/mol. The van der Waals surface area contributed by atoms with E-state index in [-0.39, 0.29) is 29.6 Å². The number of aryl methyl sites for hydroxylation is 1. The highest BCUT2D eigenvalue weighted by Crippen LogP contribution is 2.24. The molecule has 0 radical (unpaired) electrons. The summed E-state index contributed by atoms with van der Waals surface area (Å²) in [6, 6.07) is 0. The van der Waals surface area contributed by atoms with E-state index < -0.39 is 5.97 Å². The van der Waals surface area contributed by atoms with Crippen molar-refractivity contribution in [1.29, 1.82) is 0 Å². The SMILES string of the molecule is C#CCNCC(=O)Nc1snc(C)c1C(=O)O. The minimum absolute atomic E-state index is 0.0280. The van der Waals surface area contributed by atoms with Crippen LogP contribution in [0.2, 0.25) is 0 Å². The zero-order valence-corrected chi connectivity index (χ0v) is 9.93. The van der Waals surface area contributed by atoms with E-state index in [0.29, 0.717) is 5.69 Å². The number of aromatic nitrogens is 1. The number of terminal acetylenes is 1. The Morgan fingerprint density at radius 2 is 2.29 bits per heavy atom. The molecule has 1 amide bonds. The number of anilines is 1. The average Bonchev–Trinajstić information content (AvgIpc) is 2.60. The molecule has 0 aromatic carbocycles. The molecule has 3 N–H and O–H groups in total. The second-order valence-electron chi connectivity index (χ2n) is 3.13. The molecular weight excluding hydrogens is 242 g/mol. The van der Waals surface area contributed by atoms with Crippen LogP contribution in [0.5, 0.6) is 0 Å². The Morgan fingerprint density at radius 1 is 1.59 bits per heavy atom. The zero-order chi connectivity index (χ0) is 12.8. The number of carboxylic acid groups (broad SMARTS) is 1. The molecule has 1 rings (SSSR count). The van der Waals surface area contributed by atoms with Gasteiger partial charge in [0.25, 0.3) is 0 Å². The molecule has 0 spiro atoms. The quantitative estimate of drug-likeness (QED) is 0.519. The van der Waals surface area contributed by atoms with Gasteiger partial charge in [0.1, 0.15) is 10.6 Å². The van der Waals surface area contributed by atoms with E-state index in [9.17, 15) is 9.59 Å². The molecule has 0 aliphatic heterocycles. The summed E-state index contributed by atoms with van der Waals surface area (Å²) in [5, 5.41) is 14.4. The van der Waals surface area contributed by atoms with Crippen molar-refractivity contribution in [3.05, 3.63) is 11.3 Å². The molecule has 1 aromatic rings. The van der Waals surface area contributed by atoms with Crippen molar-refractivity contribution in [2.45, 2.75) is 6.92 Å². The third-order valence-electron chi connectivity index (χ3n) is 1.84. The van der Waals surface area contributed by atoms with E-state index >= 15 is 0 Å². The Kier molecular flexibility index (Phi) is 4.63. The van der Waals surface area contributed by atoms with Gasteiger partial charge in [-0.1, -0.05) is 5.92 Å². The Balaban J connectivity index is 2.66. The smallest absolute Gasteiger partial charge is 0.340 e. The number of carbonyl (C=O) groups is 2. The lowest BCUT2D eigenvalue weighted by atomic mass is 10.2. The van der Waals surface area contributed by atoms with Crippen molar-refractivity contribution in [3.63, 3.8) is 0 Å². The van der Waals surface area contributed by atoms with E-state index in [1.165, 1.54) is 0 Å². The molecule has 0 aliphatic carbocycles. The Labute approximate surface area is 102 Å². The number of carboxylic acids is 1. The number of amides is 1. The lowest BCUT2D eigenvalue weighted by molar-refractivity contribution is -0.115. The van der Waals surface area contributed by atoms with E-state index in [1.54, 1.807) is 6.92 Å². The topological polar surface area (TPSA) is 91.3 Å². The first kappa shape index (κ1) is 13.2. The number of aromatic carboxylic acids is 1. The highest BCUT2D eigenvalue weighted by molar-refractivity contribution is 7.11. The van der Waals surface area contributed by atoms with Crippen molar-refractivity contribution >= 4 is 28.4 Å². The molecule has 6 nitrogen and oxygen atoms in total. The number of carbonyl (C=O) groups excluding carboxylic acids is 1. The van der Waals surface area contributed by atoms with Gasteiger partial charge in [-0.3, -0.25) is 10.1 Å². The average molecular weight is 253 g/mol. The van der Waals surface area contributed by atoms with Gasteiger partial charge in [-0.25, -0.2) is 4.79 Å². The van der Waals surface area contributed by atoms with E-state index in [2.05, 4.69) is 20.9 Å². The second-order valence-corrected chi connectivity index (χ2v) is 3.91. The fraction of sp³-hybridized carbons (Fsp3) is 0.300. The Morgan fingerprint density at radius 3 is 2.88 bits per heavy atom. The van der Waals surface area contributed by atoms with Gasteiger partial charge >= 0.3 is 5.97 Å². The van der Waals surface area contributed by atoms with Crippen LogP contribution in [0.1, 0.15) is 16.1 Å². The lowest BCUT2D eigenvalue weighted by Gasteiger charge is -2.03. The van der Waals surface area contributed by atoms with Gasteiger partial charge in [0, 0.05) is 0 Å². The number of rotatable bonds is 5. The summed E-state index contributed by atoms with van der Waals surface area (Å²) < 4.78 is 3.88. The summed E-state index contributed by atoms with van der Waals surface area (Å²) in [5.74, 6) is 0.862. The van der Waals surface area contributed by atoms with Gasteiger partial charge < -0.3 is 10.4 Å². The van der Waals surface area contributed by atoms with Crippen molar-refractivity contribution in [3.8, 4) is 12.3 Å². The molecule has 0 saturated carbocycles. The summed E-state index contributed by atoms with van der Waals surface area (Å²) in [7, 11) is 0. The highest BCUT2D eigenvalue weighted by Gasteiger charge is 2.18. The molecule has 0 saturated heterocycles. The molecule has 17 heavy (non-hydrogen) atoms. The first-order valence-electron chi connectivity index (χ1n) is 4.70. The highest BCUT2D eigenvalue weighted by atomic mass is 32.1. The van der Waals surface area contributed by atoms with Crippen LogP contribution in [0, 0.1) is 19.3 Å². The molecule has 7 heteroatoms. The Hall–Kier alpha value is -1.91. The van der Waals surface area contributed by atoms with Crippen LogP contribution < -0.4 is 10.6 Å². The fourth-order valence-corrected chi connectivity index (χ4v) is 1.93. The van der Waals surface area contributed by atoms with E-state index in [4.69, 9.17) is 11.5 Å². The first-order chi connectivity index (χ1) is 8.06. The molecular formula is C10H11N3O3S. The summed E-state index contributed by atoms with van der Waals surface area (Å²) >= 11 is 0.941. The van der Waals surface area contributed by atoms with Crippen LogP contribution in [0.4, 0.5) is 5.00 Å². The normalized spacial score (nSPS) is 9.65. The number of nitrogens with zero attached hydrogens (tertiary/aromatic N) is 1. The van der Waals surface area contributed by atoms with Crippen LogP contribution in [-0.4, -0.2) is 34.4 Å². The van der Waals surface area contributed by atoms with Gasteiger partial charge in [0.2, 0.25) is 5.91 Å². The number of hydrogen-bond donors (Lipinski definition) is 3. The molecule has 0 unspecified atom stereocenters.